The lowest BCUT2D eigenvalue weighted by Crippen LogP contribution is -1.97. The minimum absolute atomic E-state index is 0.550. The van der Waals surface area contributed by atoms with Gasteiger partial charge in [-0.25, -0.2) is 0 Å². The molecule has 0 unspecified atom stereocenters. The lowest BCUT2D eigenvalue weighted by Gasteiger charge is -2.17. The van der Waals surface area contributed by atoms with E-state index in [4.69, 9.17) is 11.5 Å². The number of benzene rings is 4. The summed E-state index contributed by atoms with van der Waals surface area (Å²) in [6.07, 6.45) is 0. The number of nitrogens with two attached hydrogens (primary N) is 2. The van der Waals surface area contributed by atoms with Gasteiger partial charge in [0.15, 0.2) is 0 Å². The molecule has 4 N–H and O–H groups in total. The van der Waals surface area contributed by atoms with E-state index in [0.29, 0.717) is 13.1 Å². The molecule has 0 bridgehead atoms. The van der Waals surface area contributed by atoms with Crippen molar-refractivity contribution < 1.29 is 0 Å². The molecule has 4 aromatic carbocycles. The Balaban J connectivity index is 1.94. The predicted molar refractivity (Wildman–Crippen MR) is 119 cm³/mol. The van der Waals surface area contributed by atoms with E-state index >= 15 is 0 Å². The van der Waals surface area contributed by atoms with E-state index in [2.05, 4.69) is 97.1 Å². The third-order valence-electron chi connectivity index (χ3n) is 5.13. The molecule has 0 aliphatic rings. The van der Waals surface area contributed by atoms with Crippen molar-refractivity contribution in [3.63, 3.8) is 0 Å². The van der Waals surface area contributed by atoms with Crippen LogP contribution in [0.25, 0.3) is 33.4 Å². The van der Waals surface area contributed by atoms with Crippen molar-refractivity contribution in [1.29, 1.82) is 0 Å². The molecule has 0 spiro atoms. The molecule has 0 radical (unpaired) electrons. The summed E-state index contributed by atoms with van der Waals surface area (Å²) in [5.74, 6) is 0. The highest BCUT2D eigenvalue weighted by molar-refractivity contribution is 5.94. The second-order valence-electron chi connectivity index (χ2n) is 6.90. The summed E-state index contributed by atoms with van der Waals surface area (Å²) in [5.41, 5.74) is 21.1. The number of hydrogen-bond acceptors (Lipinski definition) is 2. The van der Waals surface area contributed by atoms with Gasteiger partial charge in [-0.15, -0.1) is 0 Å². The van der Waals surface area contributed by atoms with Crippen molar-refractivity contribution in [2.75, 3.05) is 0 Å². The third-order valence-corrected chi connectivity index (χ3v) is 5.13. The first-order valence-electron chi connectivity index (χ1n) is 9.57. The van der Waals surface area contributed by atoms with Crippen LogP contribution in [0, 0.1) is 0 Å². The molecular weight excluding hydrogens is 340 g/mol. The molecule has 138 valence electrons. The van der Waals surface area contributed by atoms with Crippen LogP contribution in [-0.2, 0) is 13.1 Å². The van der Waals surface area contributed by atoms with E-state index in [1.165, 1.54) is 33.4 Å². The maximum Gasteiger partial charge on any atom is 0.0178 e. The van der Waals surface area contributed by atoms with Crippen molar-refractivity contribution in [1.82, 2.24) is 0 Å². The Kier molecular flexibility index (Phi) is 5.34. The molecule has 0 aliphatic carbocycles. The average Bonchev–Trinajstić information content (AvgIpc) is 2.79. The van der Waals surface area contributed by atoms with Crippen LogP contribution >= 0.6 is 0 Å². The topological polar surface area (TPSA) is 52.0 Å². The monoisotopic (exact) mass is 364 g/mol. The van der Waals surface area contributed by atoms with Crippen LogP contribution in [0.4, 0.5) is 0 Å². The van der Waals surface area contributed by atoms with Crippen LogP contribution in [0.2, 0.25) is 0 Å². The number of rotatable bonds is 5. The van der Waals surface area contributed by atoms with E-state index in [9.17, 15) is 0 Å². The number of hydrogen-bond donors (Lipinski definition) is 2. The quantitative estimate of drug-likeness (QED) is 0.484. The first-order valence-corrected chi connectivity index (χ1v) is 9.57. The van der Waals surface area contributed by atoms with Crippen molar-refractivity contribution >= 4 is 0 Å². The highest BCUT2D eigenvalue weighted by Crippen LogP contribution is 2.40. The molecule has 0 heterocycles. The first kappa shape index (κ1) is 18.2. The second-order valence-corrected chi connectivity index (χ2v) is 6.90. The highest BCUT2D eigenvalue weighted by atomic mass is 14.5. The molecule has 0 amide bonds. The summed E-state index contributed by atoms with van der Waals surface area (Å²) in [5, 5.41) is 0. The van der Waals surface area contributed by atoms with Gasteiger partial charge in [-0.2, -0.15) is 0 Å². The highest BCUT2D eigenvalue weighted by Gasteiger charge is 2.14. The van der Waals surface area contributed by atoms with Crippen LogP contribution in [-0.4, -0.2) is 0 Å². The van der Waals surface area contributed by atoms with Crippen LogP contribution < -0.4 is 11.5 Å². The van der Waals surface area contributed by atoms with Gasteiger partial charge >= 0.3 is 0 Å². The zero-order chi connectivity index (χ0) is 19.3. The van der Waals surface area contributed by atoms with Crippen molar-refractivity contribution in [2.24, 2.45) is 11.5 Å². The Morgan fingerprint density at radius 1 is 0.429 bits per heavy atom. The van der Waals surface area contributed by atoms with E-state index in [-0.39, 0.29) is 0 Å². The Bertz CT molecular complexity index is 1050. The fourth-order valence-corrected chi connectivity index (χ4v) is 3.59. The van der Waals surface area contributed by atoms with Gasteiger partial charge in [-0.3, -0.25) is 0 Å². The fraction of sp³-hybridized carbons (Fsp3) is 0.0769. The van der Waals surface area contributed by atoms with Crippen molar-refractivity contribution in [3.8, 4) is 33.4 Å². The molecule has 0 saturated carbocycles. The molecule has 0 aliphatic heterocycles. The summed E-state index contributed by atoms with van der Waals surface area (Å²) >= 11 is 0. The van der Waals surface area contributed by atoms with E-state index in [0.717, 1.165) is 11.1 Å². The van der Waals surface area contributed by atoms with E-state index in [1.807, 2.05) is 0 Å². The van der Waals surface area contributed by atoms with Gasteiger partial charge < -0.3 is 11.5 Å². The average molecular weight is 364 g/mol. The molecular formula is C26H24N2. The summed E-state index contributed by atoms with van der Waals surface area (Å²) in [6, 6.07) is 34.1. The summed E-state index contributed by atoms with van der Waals surface area (Å²) < 4.78 is 0. The molecule has 2 nitrogen and oxygen atoms in total. The standard InChI is InChI=1S/C26H24N2/c27-17-19-9-13-22(14-10-19)25-8-4-7-24(21-5-2-1-3-6-21)26(25)23-15-11-20(18-28)12-16-23/h1-16H,17-18,27-28H2. The van der Waals surface area contributed by atoms with Gasteiger partial charge in [0, 0.05) is 13.1 Å². The Labute approximate surface area is 166 Å². The minimum Gasteiger partial charge on any atom is -0.326 e. The van der Waals surface area contributed by atoms with E-state index < -0.39 is 0 Å². The second kappa shape index (κ2) is 8.22. The van der Waals surface area contributed by atoms with Crippen LogP contribution in [0.1, 0.15) is 11.1 Å². The molecule has 0 aromatic heterocycles. The van der Waals surface area contributed by atoms with Gasteiger partial charge in [0.05, 0.1) is 0 Å². The van der Waals surface area contributed by atoms with Gasteiger partial charge in [0.1, 0.15) is 0 Å². The van der Waals surface area contributed by atoms with Crippen LogP contribution in [0.3, 0.4) is 0 Å². The zero-order valence-corrected chi connectivity index (χ0v) is 15.8. The SMILES string of the molecule is NCc1ccc(-c2cccc(-c3ccccc3)c2-c2ccc(CN)cc2)cc1. The predicted octanol–water partition coefficient (Wildman–Crippen LogP) is 5.61. The Morgan fingerprint density at radius 2 is 0.893 bits per heavy atom. The molecule has 2 heteroatoms. The lowest BCUT2D eigenvalue weighted by molar-refractivity contribution is 1.07. The largest absolute Gasteiger partial charge is 0.326 e. The maximum atomic E-state index is 5.80. The van der Waals surface area contributed by atoms with Gasteiger partial charge in [0.25, 0.3) is 0 Å². The lowest BCUT2D eigenvalue weighted by atomic mass is 9.87. The maximum absolute atomic E-state index is 5.80. The van der Waals surface area contributed by atoms with Gasteiger partial charge in [0.2, 0.25) is 0 Å². The summed E-state index contributed by atoms with van der Waals surface area (Å²) in [4.78, 5) is 0. The molecule has 0 fully saturated rings. The minimum atomic E-state index is 0.550. The van der Waals surface area contributed by atoms with Crippen LogP contribution in [0.15, 0.2) is 97.1 Å². The normalized spacial score (nSPS) is 10.8. The van der Waals surface area contributed by atoms with E-state index in [1.54, 1.807) is 0 Å². The molecule has 4 rings (SSSR count). The first-order chi connectivity index (χ1) is 13.8. The Hall–Kier alpha value is -3.20. The van der Waals surface area contributed by atoms with Gasteiger partial charge in [-0.05, 0) is 44.5 Å². The smallest absolute Gasteiger partial charge is 0.0178 e. The molecule has 0 saturated heterocycles. The van der Waals surface area contributed by atoms with Crippen molar-refractivity contribution in [3.05, 3.63) is 108 Å². The fourth-order valence-electron chi connectivity index (χ4n) is 3.59. The van der Waals surface area contributed by atoms with Crippen LogP contribution in [0.5, 0.6) is 0 Å². The zero-order valence-electron chi connectivity index (χ0n) is 15.8. The molecule has 4 aromatic rings. The van der Waals surface area contributed by atoms with Gasteiger partial charge in [-0.1, -0.05) is 97.1 Å². The summed E-state index contributed by atoms with van der Waals surface area (Å²) in [7, 11) is 0. The Morgan fingerprint density at radius 3 is 1.39 bits per heavy atom. The molecule has 28 heavy (non-hydrogen) atoms. The molecule has 0 atom stereocenters. The van der Waals surface area contributed by atoms with Crippen molar-refractivity contribution in [2.45, 2.75) is 13.1 Å². The third kappa shape index (κ3) is 3.61. The summed E-state index contributed by atoms with van der Waals surface area (Å²) in [6.45, 7) is 1.10.